The molecule has 0 aromatic heterocycles. The Morgan fingerprint density at radius 3 is 2.30 bits per heavy atom. The maximum atomic E-state index is 11.0. The molecule has 1 atom stereocenters. The molecule has 0 spiro atoms. The van der Waals surface area contributed by atoms with Crippen molar-refractivity contribution in [3.05, 3.63) is 35.9 Å². The zero-order chi connectivity index (χ0) is 17.5. The number of carboxylic acids is 2. The number of ether oxygens (including phenoxy) is 1. The molecule has 1 rings (SSSR count). The van der Waals surface area contributed by atoms with Crippen LogP contribution in [-0.2, 0) is 20.9 Å². The molecule has 23 heavy (non-hydrogen) atoms. The van der Waals surface area contributed by atoms with Gasteiger partial charge in [-0.3, -0.25) is 4.79 Å². The molecule has 0 radical (unpaired) electrons. The summed E-state index contributed by atoms with van der Waals surface area (Å²) >= 11 is 0. The zero-order valence-electron chi connectivity index (χ0n) is 13.1. The summed E-state index contributed by atoms with van der Waals surface area (Å²) < 4.78 is 5.65. The molecule has 6 nitrogen and oxygen atoms in total. The number of rotatable bonds is 7. The van der Waals surface area contributed by atoms with Crippen molar-refractivity contribution in [2.45, 2.75) is 44.5 Å². The largest absolute Gasteiger partial charge is 0.481 e. The van der Waals surface area contributed by atoms with Gasteiger partial charge in [-0.15, -0.1) is 0 Å². The number of carboxylic acid groups (broad SMARTS) is 2. The molecule has 3 N–H and O–H groups in total. The van der Waals surface area contributed by atoms with Gasteiger partial charge in [0.1, 0.15) is 5.60 Å². The molecular weight excluding hydrogens is 300 g/mol. The Morgan fingerprint density at radius 2 is 1.78 bits per heavy atom. The van der Waals surface area contributed by atoms with Gasteiger partial charge in [0.05, 0.1) is 13.0 Å². The van der Waals surface area contributed by atoms with E-state index in [0.717, 1.165) is 5.56 Å². The van der Waals surface area contributed by atoms with Crippen molar-refractivity contribution >= 4 is 11.9 Å². The SMILES string of the molecule is CC(C)(C#CCC(O)(CC(=O)O)C(=O)O)OCc1ccccc1. The molecule has 0 aliphatic carbocycles. The van der Waals surface area contributed by atoms with Crippen molar-refractivity contribution in [2.24, 2.45) is 0 Å². The highest BCUT2D eigenvalue weighted by Gasteiger charge is 2.37. The summed E-state index contributed by atoms with van der Waals surface area (Å²) in [6, 6.07) is 9.47. The van der Waals surface area contributed by atoms with E-state index < -0.39 is 36.0 Å². The smallest absolute Gasteiger partial charge is 0.337 e. The lowest BCUT2D eigenvalue weighted by atomic mass is 9.95. The summed E-state index contributed by atoms with van der Waals surface area (Å²) in [4.78, 5) is 21.7. The Balaban J connectivity index is 2.68. The van der Waals surface area contributed by atoms with Crippen molar-refractivity contribution in [3.8, 4) is 11.8 Å². The Morgan fingerprint density at radius 1 is 1.17 bits per heavy atom. The lowest BCUT2D eigenvalue weighted by molar-refractivity contribution is -0.164. The molecular formula is C17H20O6. The molecule has 0 aliphatic rings. The van der Waals surface area contributed by atoms with Gasteiger partial charge < -0.3 is 20.1 Å². The Bertz CT molecular complexity index is 611. The second kappa shape index (κ2) is 7.77. The first-order chi connectivity index (χ1) is 10.6. The molecule has 1 unspecified atom stereocenters. The standard InChI is InChI=1S/C17H20O6/c1-16(2,23-12-13-7-4-3-5-8-13)9-6-10-17(22,15(20)21)11-14(18)19/h3-5,7-8,22H,10-12H2,1-2H3,(H,18,19)(H,20,21). The predicted octanol–water partition coefficient (Wildman–Crippen LogP) is 1.67. The van der Waals surface area contributed by atoms with E-state index in [0.29, 0.717) is 6.61 Å². The third-order valence-electron chi connectivity index (χ3n) is 3.05. The van der Waals surface area contributed by atoms with Gasteiger partial charge in [0.2, 0.25) is 0 Å². The number of aliphatic carboxylic acids is 2. The van der Waals surface area contributed by atoms with Gasteiger partial charge in [-0.2, -0.15) is 0 Å². The summed E-state index contributed by atoms with van der Waals surface area (Å²) in [5.74, 6) is 2.22. The monoisotopic (exact) mass is 320 g/mol. The van der Waals surface area contributed by atoms with Crippen LogP contribution in [0.5, 0.6) is 0 Å². The topological polar surface area (TPSA) is 104 Å². The van der Waals surface area contributed by atoms with E-state index in [1.54, 1.807) is 13.8 Å². The average Bonchev–Trinajstić information content (AvgIpc) is 2.45. The minimum absolute atomic E-state index is 0.334. The average molecular weight is 320 g/mol. The minimum atomic E-state index is -2.41. The van der Waals surface area contributed by atoms with Crippen LogP contribution < -0.4 is 0 Å². The van der Waals surface area contributed by atoms with E-state index >= 15 is 0 Å². The fourth-order valence-electron chi connectivity index (χ4n) is 1.74. The quantitative estimate of drug-likeness (QED) is 0.660. The zero-order valence-corrected chi connectivity index (χ0v) is 13.1. The lowest BCUT2D eigenvalue weighted by Gasteiger charge is -2.20. The highest BCUT2D eigenvalue weighted by Crippen LogP contribution is 2.17. The molecule has 0 heterocycles. The van der Waals surface area contributed by atoms with Crippen LogP contribution in [0.15, 0.2) is 30.3 Å². The normalized spacial score (nSPS) is 13.5. The van der Waals surface area contributed by atoms with Gasteiger partial charge >= 0.3 is 11.9 Å². The van der Waals surface area contributed by atoms with Crippen molar-refractivity contribution < 1.29 is 29.6 Å². The van der Waals surface area contributed by atoms with Crippen molar-refractivity contribution in [1.82, 2.24) is 0 Å². The van der Waals surface area contributed by atoms with Crippen LogP contribution in [0.25, 0.3) is 0 Å². The molecule has 6 heteroatoms. The molecule has 1 aromatic carbocycles. The van der Waals surface area contributed by atoms with Gasteiger partial charge in [0.25, 0.3) is 0 Å². The molecule has 1 aromatic rings. The highest BCUT2D eigenvalue weighted by atomic mass is 16.5. The Kier molecular flexibility index (Phi) is 6.31. The van der Waals surface area contributed by atoms with E-state index in [1.165, 1.54) is 0 Å². The first kappa shape index (κ1) is 18.7. The van der Waals surface area contributed by atoms with Crippen molar-refractivity contribution in [3.63, 3.8) is 0 Å². The third-order valence-corrected chi connectivity index (χ3v) is 3.05. The lowest BCUT2D eigenvalue weighted by Crippen LogP contribution is -2.40. The number of benzene rings is 1. The maximum absolute atomic E-state index is 11.0. The van der Waals surface area contributed by atoms with Gasteiger partial charge in [0, 0.05) is 6.42 Å². The highest BCUT2D eigenvalue weighted by molar-refractivity contribution is 5.84. The van der Waals surface area contributed by atoms with Crippen LogP contribution in [-0.4, -0.2) is 38.5 Å². The second-order valence-electron chi connectivity index (χ2n) is 5.67. The first-order valence-corrected chi connectivity index (χ1v) is 7.00. The predicted molar refractivity (Wildman–Crippen MR) is 82.5 cm³/mol. The Labute approximate surface area is 134 Å². The number of hydrogen-bond acceptors (Lipinski definition) is 4. The molecule has 0 bridgehead atoms. The van der Waals surface area contributed by atoms with E-state index in [4.69, 9.17) is 14.9 Å². The number of carbonyl (C=O) groups is 2. The van der Waals surface area contributed by atoms with Crippen molar-refractivity contribution in [2.75, 3.05) is 0 Å². The summed E-state index contributed by atoms with van der Waals surface area (Å²) in [5, 5.41) is 27.5. The molecule has 0 aliphatic heterocycles. The first-order valence-electron chi connectivity index (χ1n) is 7.00. The van der Waals surface area contributed by atoms with Crippen LogP contribution in [0.3, 0.4) is 0 Å². The molecule has 0 saturated heterocycles. The summed E-state index contributed by atoms with van der Waals surface area (Å²) in [7, 11) is 0. The van der Waals surface area contributed by atoms with E-state index in [1.807, 2.05) is 30.3 Å². The molecule has 0 fully saturated rings. The minimum Gasteiger partial charge on any atom is -0.481 e. The van der Waals surface area contributed by atoms with Crippen LogP contribution in [0.2, 0.25) is 0 Å². The maximum Gasteiger partial charge on any atom is 0.337 e. The van der Waals surface area contributed by atoms with Gasteiger partial charge in [-0.05, 0) is 19.4 Å². The second-order valence-corrected chi connectivity index (χ2v) is 5.67. The van der Waals surface area contributed by atoms with Gasteiger partial charge in [0.15, 0.2) is 5.60 Å². The third kappa shape index (κ3) is 6.51. The van der Waals surface area contributed by atoms with Crippen molar-refractivity contribution in [1.29, 1.82) is 0 Å². The fraction of sp³-hybridized carbons (Fsp3) is 0.412. The van der Waals surface area contributed by atoms with E-state index in [2.05, 4.69) is 11.8 Å². The van der Waals surface area contributed by atoms with E-state index in [9.17, 15) is 14.7 Å². The molecule has 0 saturated carbocycles. The van der Waals surface area contributed by atoms with Gasteiger partial charge in [-0.1, -0.05) is 42.2 Å². The summed E-state index contributed by atoms with van der Waals surface area (Å²) in [6.45, 7) is 3.75. The number of aliphatic hydroxyl groups is 1. The van der Waals surface area contributed by atoms with Crippen LogP contribution >= 0.6 is 0 Å². The Hall–Kier alpha value is -2.36. The molecule has 0 amide bonds. The number of hydrogen-bond donors (Lipinski definition) is 3. The summed E-state index contributed by atoms with van der Waals surface area (Å²) in [6.07, 6.45) is -1.41. The fourth-order valence-corrected chi connectivity index (χ4v) is 1.74. The van der Waals surface area contributed by atoms with Crippen LogP contribution in [0.4, 0.5) is 0 Å². The van der Waals surface area contributed by atoms with Crippen LogP contribution in [0.1, 0.15) is 32.3 Å². The summed E-state index contributed by atoms with van der Waals surface area (Å²) in [5.41, 5.74) is -2.30. The van der Waals surface area contributed by atoms with Gasteiger partial charge in [-0.25, -0.2) is 4.79 Å². The van der Waals surface area contributed by atoms with Crippen LogP contribution in [0, 0.1) is 11.8 Å². The molecule has 124 valence electrons. The van der Waals surface area contributed by atoms with E-state index in [-0.39, 0.29) is 0 Å².